The molecule has 0 radical (unpaired) electrons. The molecule has 0 unspecified atom stereocenters. The summed E-state index contributed by atoms with van der Waals surface area (Å²) in [6, 6.07) is -0.938. The van der Waals surface area contributed by atoms with Crippen LogP contribution in [0.15, 0.2) is 0 Å². The van der Waals surface area contributed by atoms with Crippen molar-refractivity contribution in [3.63, 3.8) is 0 Å². The summed E-state index contributed by atoms with van der Waals surface area (Å²) in [7, 11) is 0. The van der Waals surface area contributed by atoms with Gasteiger partial charge in [-0.25, -0.2) is 0 Å². The standard InChI is InChI=1S/C17H27NO9/c1-8(2)24-17-14(18-9(3)19)16(26-12(6)22)15(25-11(5)21)13(27-17)7-23-10(4)20/h8,13-17H,7H2,1-6H3,(H,18,19)/t13-,14-,15+,16-,17-/m0/s1. The van der Waals surface area contributed by atoms with Gasteiger partial charge in [0.15, 0.2) is 18.5 Å². The van der Waals surface area contributed by atoms with Gasteiger partial charge in [0.25, 0.3) is 0 Å². The van der Waals surface area contributed by atoms with E-state index < -0.39 is 54.5 Å². The number of esters is 3. The van der Waals surface area contributed by atoms with Gasteiger partial charge in [0.1, 0.15) is 18.8 Å². The number of carbonyl (C=O) groups is 4. The molecule has 0 bridgehead atoms. The van der Waals surface area contributed by atoms with Crippen LogP contribution >= 0.6 is 0 Å². The first-order valence-corrected chi connectivity index (χ1v) is 8.57. The van der Waals surface area contributed by atoms with Crippen molar-refractivity contribution in [1.29, 1.82) is 0 Å². The van der Waals surface area contributed by atoms with Gasteiger partial charge in [0, 0.05) is 27.7 Å². The predicted molar refractivity (Wildman–Crippen MR) is 90.2 cm³/mol. The molecule has 0 saturated carbocycles. The highest BCUT2D eigenvalue weighted by molar-refractivity contribution is 5.73. The molecule has 0 spiro atoms. The lowest BCUT2D eigenvalue weighted by Gasteiger charge is -2.45. The number of hydrogen-bond acceptors (Lipinski definition) is 9. The minimum atomic E-state index is -1.12. The summed E-state index contributed by atoms with van der Waals surface area (Å²) in [5.74, 6) is -2.28. The Labute approximate surface area is 157 Å². The van der Waals surface area contributed by atoms with E-state index in [0.717, 1.165) is 0 Å². The third kappa shape index (κ3) is 7.51. The molecule has 0 aromatic carbocycles. The first-order valence-electron chi connectivity index (χ1n) is 8.57. The molecule has 1 N–H and O–H groups in total. The van der Waals surface area contributed by atoms with Crippen molar-refractivity contribution < 1.29 is 42.9 Å². The summed E-state index contributed by atoms with van der Waals surface area (Å²) < 4.78 is 27.1. The topological polar surface area (TPSA) is 126 Å². The van der Waals surface area contributed by atoms with Crippen LogP contribution in [0.5, 0.6) is 0 Å². The fourth-order valence-electron chi connectivity index (χ4n) is 2.68. The first kappa shape index (κ1) is 22.8. The van der Waals surface area contributed by atoms with Crippen molar-refractivity contribution in [2.24, 2.45) is 0 Å². The second-order valence-electron chi connectivity index (χ2n) is 6.40. The van der Waals surface area contributed by atoms with Gasteiger partial charge in [-0.1, -0.05) is 0 Å². The second kappa shape index (κ2) is 10.2. The van der Waals surface area contributed by atoms with E-state index in [1.54, 1.807) is 13.8 Å². The maximum absolute atomic E-state index is 11.7. The van der Waals surface area contributed by atoms with E-state index in [9.17, 15) is 19.2 Å². The van der Waals surface area contributed by atoms with Crippen LogP contribution < -0.4 is 5.32 Å². The molecule has 5 atom stereocenters. The molecule has 154 valence electrons. The molecule has 10 nitrogen and oxygen atoms in total. The largest absolute Gasteiger partial charge is 0.463 e. The van der Waals surface area contributed by atoms with Crippen molar-refractivity contribution in [3.05, 3.63) is 0 Å². The lowest BCUT2D eigenvalue weighted by atomic mass is 9.96. The molecule has 0 aromatic rings. The maximum atomic E-state index is 11.7. The van der Waals surface area contributed by atoms with Gasteiger partial charge in [-0.15, -0.1) is 0 Å². The molecule has 1 heterocycles. The van der Waals surface area contributed by atoms with Gasteiger partial charge < -0.3 is 29.0 Å². The third-order valence-electron chi connectivity index (χ3n) is 3.48. The molecule has 1 saturated heterocycles. The molecule has 10 heteroatoms. The van der Waals surface area contributed by atoms with Gasteiger partial charge in [0.2, 0.25) is 5.91 Å². The molecule has 0 aliphatic carbocycles. The van der Waals surface area contributed by atoms with E-state index in [1.165, 1.54) is 27.7 Å². The van der Waals surface area contributed by atoms with Crippen LogP contribution in [0, 0.1) is 0 Å². The highest BCUT2D eigenvalue weighted by atomic mass is 16.7. The lowest BCUT2D eigenvalue weighted by Crippen LogP contribution is -2.66. The Morgan fingerprint density at radius 3 is 1.93 bits per heavy atom. The van der Waals surface area contributed by atoms with Crippen LogP contribution in [0.4, 0.5) is 0 Å². The smallest absolute Gasteiger partial charge is 0.303 e. The fourth-order valence-corrected chi connectivity index (χ4v) is 2.68. The van der Waals surface area contributed by atoms with Crippen LogP contribution in [0.25, 0.3) is 0 Å². The molecule has 1 aliphatic rings. The Balaban J connectivity index is 3.27. The third-order valence-corrected chi connectivity index (χ3v) is 3.48. The monoisotopic (exact) mass is 389 g/mol. The minimum Gasteiger partial charge on any atom is -0.463 e. The molecular weight excluding hydrogens is 362 g/mol. The molecule has 1 rings (SSSR count). The molecule has 27 heavy (non-hydrogen) atoms. The van der Waals surface area contributed by atoms with E-state index in [4.69, 9.17) is 23.7 Å². The van der Waals surface area contributed by atoms with Crippen LogP contribution in [0.1, 0.15) is 41.5 Å². The average molecular weight is 389 g/mol. The Kier molecular flexibility index (Phi) is 8.64. The molecule has 0 aromatic heterocycles. The minimum absolute atomic E-state index is 0.254. The highest BCUT2D eigenvalue weighted by Gasteiger charge is 2.51. The van der Waals surface area contributed by atoms with Gasteiger partial charge in [-0.3, -0.25) is 19.2 Å². The molecule has 1 aliphatic heterocycles. The van der Waals surface area contributed by atoms with E-state index in [-0.39, 0.29) is 12.7 Å². The number of amides is 1. The summed E-state index contributed by atoms with van der Waals surface area (Å²) in [4.78, 5) is 46.0. The van der Waals surface area contributed by atoms with Crippen molar-refractivity contribution in [2.45, 2.75) is 78.3 Å². The van der Waals surface area contributed by atoms with Crippen LogP contribution in [0.3, 0.4) is 0 Å². The second-order valence-corrected chi connectivity index (χ2v) is 6.40. The summed E-state index contributed by atoms with van der Waals surface area (Å²) in [5, 5.41) is 2.62. The summed E-state index contributed by atoms with van der Waals surface area (Å²) in [6.45, 7) is 8.12. The first-order chi connectivity index (χ1) is 12.5. The Morgan fingerprint density at radius 1 is 0.926 bits per heavy atom. The number of nitrogens with one attached hydrogen (secondary N) is 1. The van der Waals surface area contributed by atoms with Crippen LogP contribution in [0.2, 0.25) is 0 Å². The predicted octanol–water partition coefficient (Wildman–Crippen LogP) is 0.0675. The van der Waals surface area contributed by atoms with Crippen LogP contribution in [-0.4, -0.2) is 67.2 Å². The Hall–Kier alpha value is -2.20. The van der Waals surface area contributed by atoms with Crippen molar-refractivity contribution in [3.8, 4) is 0 Å². The summed E-state index contributed by atoms with van der Waals surface area (Å²) >= 11 is 0. The van der Waals surface area contributed by atoms with Gasteiger partial charge in [0.05, 0.1) is 6.10 Å². The van der Waals surface area contributed by atoms with Crippen molar-refractivity contribution >= 4 is 23.8 Å². The van der Waals surface area contributed by atoms with Gasteiger partial charge in [-0.2, -0.15) is 0 Å². The number of carbonyl (C=O) groups excluding carboxylic acids is 4. The normalized spacial score (nSPS) is 27.6. The maximum Gasteiger partial charge on any atom is 0.303 e. The lowest BCUT2D eigenvalue weighted by molar-refractivity contribution is -0.285. The van der Waals surface area contributed by atoms with Gasteiger partial charge in [-0.05, 0) is 13.8 Å². The van der Waals surface area contributed by atoms with Crippen LogP contribution in [-0.2, 0) is 42.9 Å². The summed E-state index contributed by atoms with van der Waals surface area (Å²) in [6.07, 6.45) is -4.49. The fraction of sp³-hybridized carbons (Fsp3) is 0.765. The van der Waals surface area contributed by atoms with Crippen molar-refractivity contribution in [2.75, 3.05) is 6.61 Å². The van der Waals surface area contributed by atoms with Crippen molar-refractivity contribution in [1.82, 2.24) is 5.32 Å². The molecular formula is C17H27NO9. The Morgan fingerprint density at radius 2 is 1.48 bits per heavy atom. The average Bonchev–Trinajstić information content (AvgIpc) is 2.49. The van der Waals surface area contributed by atoms with Gasteiger partial charge >= 0.3 is 17.9 Å². The highest BCUT2D eigenvalue weighted by Crippen LogP contribution is 2.28. The summed E-state index contributed by atoms with van der Waals surface area (Å²) in [5.41, 5.74) is 0. The zero-order valence-corrected chi connectivity index (χ0v) is 16.3. The molecule has 1 fully saturated rings. The quantitative estimate of drug-likeness (QED) is 0.475. The van der Waals surface area contributed by atoms with E-state index in [1.807, 2.05) is 0 Å². The molecule has 1 amide bonds. The zero-order valence-electron chi connectivity index (χ0n) is 16.3. The zero-order chi connectivity index (χ0) is 20.7. The van der Waals surface area contributed by atoms with E-state index >= 15 is 0 Å². The SMILES string of the molecule is CC(=O)N[C@@H]1[C@@H](OC(C)C)O[C@@H](COC(C)=O)[C@@H](OC(C)=O)[C@H]1OC(C)=O. The van der Waals surface area contributed by atoms with E-state index in [2.05, 4.69) is 5.32 Å². The number of ether oxygens (including phenoxy) is 5. The number of hydrogen-bond donors (Lipinski definition) is 1. The van der Waals surface area contributed by atoms with E-state index in [0.29, 0.717) is 0 Å². The Bertz CT molecular complexity index is 563. The number of rotatable bonds is 7.